The zero-order valence-corrected chi connectivity index (χ0v) is 22.3. The maximum absolute atomic E-state index is 10.9. The number of carbonyl (C=O) groups is 1. The monoisotopic (exact) mass is 517 g/mol. The Labute approximate surface area is 219 Å². The molecule has 2 heterocycles. The summed E-state index contributed by atoms with van der Waals surface area (Å²) in [6.45, 7) is 9.01. The minimum absolute atomic E-state index is 0.0491. The molecular weight excluding hydrogens is 481 g/mol. The number of likely N-dealkylation sites (tertiary alicyclic amines) is 2. The standard InChI is InChI=1S/C28H37Cl2N3O2/c1-19-5-7-24(26(30)16-19)20(2)31-27-17-22(6-8-25(27)29)21-9-14-33(15-10-21)23-4-3-12-32(18-23)13-11-28(34)35/h5-8,16-17,20-21,23,31H,3-4,9-15,18H2,1-2H3,(H,34,35). The van der Waals surface area contributed by atoms with Crippen LogP contribution in [-0.4, -0.2) is 59.6 Å². The third-order valence-electron chi connectivity index (χ3n) is 7.62. The van der Waals surface area contributed by atoms with Gasteiger partial charge in [0.15, 0.2) is 0 Å². The van der Waals surface area contributed by atoms with Gasteiger partial charge in [-0.2, -0.15) is 0 Å². The number of hydrogen-bond acceptors (Lipinski definition) is 4. The van der Waals surface area contributed by atoms with Gasteiger partial charge in [0.1, 0.15) is 0 Å². The van der Waals surface area contributed by atoms with Crippen molar-refractivity contribution in [3.05, 3.63) is 63.1 Å². The average Bonchev–Trinajstić information content (AvgIpc) is 2.84. The molecule has 0 spiro atoms. The number of hydrogen-bond donors (Lipinski definition) is 2. The van der Waals surface area contributed by atoms with Crippen LogP contribution >= 0.6 is 23.2 Å². The Kier molecular flexibility index (Phi) is 8.98. The van der Waals surface area contributed by atoms with Gasteiger partial charge in [-0.3, -0.25) is 9.69 Å². The molecule has 2 atom stereocenters. The predicted octanol–water partition coefficient (Wildman–Crippen LogP) is 6.59. The molecule has 2 N–H and O–H groups in total. The van der Waals surface area contributed by atoms with E-state index in [0.717, 1.165) is 72.3 Å². The molecule has 2 aliphatic rings. The van der Waals surface area contributed by atoms with Crippen LogP contribution in [0.3, 0.4) is 0 Å². The SMILES string of the molecule is Cc1ccc(C(C)Nc2cc(C3CCN(C4CCCN(CCC(=O)O)C4)CC3)ccc2Cl)c(Cl)c1. The molecule has 2 aromatic rings. The first-order valence-corrected chi connectivity index (χ1v) is 13.6. The number of aliphatic carboxylic acids is 1. The minimum atomic E-state index is -0.707. The van der Waals surface area contributed by atoms with Gasteiger partial charge in [0.05, 0.1) is 23.2 Å². The summed E-state index contributed by atoms with van der Waals surface area (Å²) in [6.07, 6.45) is 4.86. The van der Waals surface area contributed by atoms with Crippen LogP contribution in [0.25, 0.3) is 0 Å². The Hall–Kier alpha value is -1.79. The summed E-state index contributed by atoms with van der Waals surface area (Å²) < 4.78 is 0. The van der Waals surface area contributed by atoms with Crippen molar-refractivity contribution < 1.29 is 9.90 Å². The van der Waals surface area contributed by atoms with Crippen molar-refractivity contribution in [1.29, 1.82) is 0 Å². The second kappa shape index (κ2) is 12.0. The Bertz CT molecular complexity index is 1020. The minimum Gasteiger partial charge on any atom is -0.481 e. The van der Waals surface area contributed by atoms with Crippen molar-refractivity contribution in [3.63, 3.8) is 0 Å². The summed E-state index contributed by atoms with van der Waals surface area (Å²) in [5.74, 6) is -0.185. The smallest absolute Gasteiger partial charge is 0.304 e. The van der Waals surface area contributed by atoms with E-state index in [9.17, 15) is 4.79 Å². The van der Waals surface area contributed by atoms with Crippen molar-refractivity contribution in [2.45, 2.75) is 64.0 Å². The third-order valence-corrected chi connectivity index (χ3v) is 8.28. The number of piperidine rings is 2. The number of anilines is 1. The lowest BCUT2D eigenvalue weighted by molar-refractivity contribution is -0.137. The topological polar surface area (TPSA) is 55.8 Å². The molecule has 2 aliphatic heterocycles. The van der Waals surface area contributed by atoms with Crippen molar-refractivity contribution in [3.8, 4) is 0 Å². The summed E-state index contributed by atoms with van der Waals surface area (Å²) in [5, 5.41) is 14.1. The van der Waals surface area contributed by atoms with Gasteiger partial charge >= 0.3 is 5.97 Å². The summed E-state index contributed by atoms with van der Waals surface area (Å²) >= 11 is 13.1. The molecule has 2 aromatic carbocycles. The van der Waals surface area contributed by atoms with Crippen LogP contribution < -0.4 is 5.32 Å². The van der Waals surface area contributed by atoms with Crippen LogP contribution in [0.5, 0.6) is 0 Å². The highest BCUT2D eigenvalue weighted by atomic mass is 35.5. The Morgan fingerprint density at radius 3 is 2.57 bits per heavy atom. The van der Waals surface area contributed by atoms with E-state index in [1.165, 1.54) is 12.0 Å². The quantitative estimate of drug-likeness (QED) is 0.413. The Morgan fingerprint density at radius 2 is 1.86 bits per heavy atom. The molecule has 0 aliphatic carbocycles. The fourth-order valence-electron chi connectivity index (χ4n) is 5.59. The molecule has 190 valence electrons. The molecule has 0 radical (unpaired) electrons. The molecule has 5 nitrogen and oxygen atoms in total. The van der Waals surface area contributed by atoms with E-state index in [-0.39, 0.29) is 12.5 Å². The van der Waals surface area contributed by atoms with Gasteiger partial charge in [0.2, 0.25) is 0 Å². The average molecular weight is 519 g/mol. The molecule has 7 heteroatoms. The molecule has 0 amide bonds. The summed E-state index contributed by atoms with van der Waals surface area (Å²) in [5.41, 5.74) is 4.51. The first kappa shape index (κ1) is 26.3. The van der Waals surface area contributed by atoms with E-state index in [1.54, 1.807) is 0 Å². The normalized spacial score (nSPS) is 21.1. The van der Waals surface area contributed by atoms with Crippen LogP contribution in [0, 0.1) is 6.92 Å². The zero-order chi connectivity index (χ0) is 24.9. The zero-order valence-electron chi connectivity index (χ0n) is 20.8. The molecule has 0 saturated carbocycles. The lowest BCUT2D eigenvalue weighted by Gasteiger charge is -2.42. The van der Waals surface area contributed by atoms with Crippen molar-refractivity contribution >= 4 is 34.9 Å². The van der Waals surface area contributed by atoms with E-state index in [2.05, 4.69) is 46.3 Å². The van der Waals surface area contributed by atoms with E-state index in [0.29, 0.717) is 18.5 Å². The second-order valence-corrected chi connectivity index (χ2v) is 11.0. The van der Waals surface area contributed by atoms with Gasteiger partial charge in [0, 0.05) is 24.2 Å². The van der Waals surface area contributed by atoms with Gasteiger partial charge in [0.25, 0.3) is 0 Å². The number of halogens is 2. The second-order valence-electron chi connectivity index (χ2n) is 10.2. The number of nitrogens with one attached hydrogen (secondary N) is 1. The maximum atomic E-state index is 10.9. The number of rotatable bonds is 8. The first-order valence-electron chi connectivity index (χ1n) is 12.8. The summed E-state index contributed by atoms with van der Waals surface area (Å²) in [4.78, 5) is 15.9. The molecule has 0 aromatic heterocycles. The number of aryl methyl sites for hydroxylation is 1. The number of benzene rings is 2. The highest BCUT2D eigenvalue weighted by molar-refractivity contribution is 6.33. The van der Waals surface area contributed by atoms with E-state index in [4.69, 9.17) is 28.3 Å². The molecule has 2 unspecified atom stereocenters. The van der Waals surface area contributed by atoms with Gasteiger partial charge in [-0.1, -0.05) is 41.4 Å². The Balaban J connectivity index is 1.35. The largest absolute Gasteiger partial charge is 0.481 e. The van der Waals surface area contributed by atoms with Crippen molar-refractivity contribution in [2.75, 3.05) is 38.0 Å². The van der Waals surface area contributed by atoms with Crippen LogP contribution in [0.2, 0.25) is 10.0 Å². The predicted molar refractivity (Wildman–Crippen MR) is 145 cm³/mol. The fourth-order valence-corrected chi connectivity index (χ4v) is 6.16. The molecule has 2 fully saturated rings. The highest BCUT2D eigenvalue weighted by Crippen LogP contribution is 2.36. The molecular formula is C28H37Cl2N3O2. The van der Waals surface area contributed by atoms with Gasteiger partial charge < -0.3 is 15.3 Å². The van der Waals surface area contributed by atoms with Crippen LogP contribution in [0.4, 0.5) is 5.69 Å². The van der Waals surface area contributed by atoms with Crippen LogP contribution in [-0.2, 0) is 4.79 Å². The van der Waals surface area contributed by atoms with Gasteiger partial charge in [-0.15, -0.1) is 0 Å². The van der Waals surface area contributed by atoms with E-state index >= 15 is 0 Å². The summed E-state index contributed by atoms with van der Waals surface area (Å²) in [7, 11) is 0. The number of nitrogens with zero attached hydrogens (tertiary/aromatic N) is 2. The fraction of sp³-hybridized carbons (Fsp3) is 0.536. The van der Waals surface area contributed by atoms with Crippen LogP contribution in [0.15, 0.2) is 36.4 Å². The molecule has 2 saturated heterocycles. The highest BCUT2D eigenvalue weighted by Gasteiger charge is 2.29. The number of carboxylic acids is 1. The first-order chi connectivity index (χ1) is 16.8. The van der Waals surface area contributed by atoms with Crippen molar-refractivity contribution in [2.24, 2.45) is 0 Å². The van der Waals surface area contributed by atoms with Crippen molar-refractivity contribution in [1.82, 2.24) is 9.80 Å². The lowest BCUT2D eigenvalue weighted by Crippen LogP contribution is -2.50. The van der Waals surface area contributed by atoms with Gasteiger partial charge in [-0.25, -0.2) is 0 Å². The molecule has 35 heavy (non-hydrogen) atoms. The summed E-state index contributed by atoms with van der Waals surface area (Å²) in [6, 6.07) is 13.2. The molecule has 0 bridgehead atoms. The number of carboxylic acid groups (broad SMARTS) is 1. The van der Waals surface area contributed by atoms with Crippen LogP contribution in [0.1, 0.15) is 67.7 Å². The third kappa shape index (κ3) is 6.91. The maximum Gasteiger partial charge on any atom is 0.304 e. The Morgan fingerprint density at radius 1 is 1.09 bits per heavy atom. The van der Waals surface area contributed by atoms with E-state index < -0.39 is 5.97 Å². The lowest BCUT2D eigenvalue weighted by atomic mass is 9.88. The molecule has 4 rings (SSSR count). The van der Waals surface area contributed by atoms with E-state index in [1.807, 2.05) is 19.1 Å². The van der Waals surface area contributed by atoms with Gasteiger partial charge in [-0.05, 0) is 100.0 Å².